The summed E-state index contributed by atoms with van der Waals surface area (Å²) in [5.41, 5.74) is 1.43. The molecular weight excluding hydrogens is 338 g/mol. The molecule has 1 heterocycles. The zero-order chi connectivity index (χ0) is 16.4. The third-order valence-corrected chi connectivity index (χ3v) is 4.47. The molecule has 1 aliphatic rings. The summed E-state index contributed by atoms with van der Waals surface area (Å²) in [5, 5.41) is 0.871. The van der Waals surface area contributed by atoms with Gasteiger partial charge in [0.1, 0.15) is 5.82 Å². The number of carbonyl (C=O) groups excluding carboxylic acids is 1. The van der Waals surface area contributed by atoms with E-state index in [9.17, 15) is 9.18 Å². The minimum Gasteiger partial charge on any atom is -0.368 e. The lowest BCUT2D eigenvalue weighted by Gasteiger charge is -2.36. The number of rotatable bonds is 2. The normalized spacial score (nSPS) is 14.9. The van der Waals surface area contributed by atoms with Crippen molar-refractivity contribution < 1.29 is 9.18 Å². The third-order valence-electron chi connectivity index (χ3n) is 3.92. The molecule has 0 bridgehead atoms. The van der Waals surface area contributed by atoms with E-state index in [1.807, 2.05) is 0 Å². The number of carbonyl (C=O) groups is 1. The number of benzene rings is 2. The van der Waals surface area contributed by atoms with E-state index >= 15 is 0 Å². The summed E-state index contributed by atoms with van der Waals surface area (Å²) < 4.78 is 13.0. The van der Waals surface area contributed by atoms with E-state index < -0.39 is 0 Å². The molecule has 2 aromatic rings. The number of anilines is 1. The van der Waals surface area contributed by atoms with E-state index in [2.05, 4.69) is 4.90 Å². The second-order valence-corrected chi connectivity index (χ2v) is 6.22. The van der Waals surface area contributed by atoms with Crippen LogP contribution in [0.15, 0.2) is 42.5 Å². The predicted molar refractivity (Wildman–Crippen MR) is 91.0 cm³/mol. The Kier molecular flexibility index (Phi) is 4.74. The van der Waals surface area contributed by atoms with Crippen molar-refractivity contribution in [3.8, 4) is 0 Å². The maximum Gasteiger partial charge on any atom is 0.255 e. The van der Waals surface area contributed by atoms with Crippen LogP contribution in [-0.2, 0) is 0 Å². The van der Waals surface area contributed by atoms with Crippen LogP contribution in [0.3, 0.4) is 0 Å². The Balaban J connectivity index is 1.66. The predicted octanol–water partition coefficient (Wildman–Crippen LogP) is 4.09. The molecule has 0 N–H and O–H groups in total. The summed E-state index contributed by atoms with van der Waals surface area (Å²) in [4.78, 5) is 16.5. The van der Waals surface area contributed by atoms with Gasteiger partial charge in [0.15, 0.2) is 0 Å². The standard InChI is InChI=1S/C17H15Cl2FN2O/c18-12-1-6-15(16(19)11-12)17(23)22-9-7-21(8-10-22)14-4-2-13(20)3-5-14/h1-6,11H,7-10H2. The Morgan fingerprint density at radius 3 is 2.22 bits per heavy atom. The number of amides is 1. The van der Waals surface area contributed by atoms with E-state index in [4.69, 9.17) is 23.2 Å². The van der Waals surface area contributed by atoms with Gasteiger partial charge >= 0.3 is 0 Å². The van der Waals surface area contributed by atoms with Crippen molar-refractivity contribution in [2.45, 2.75) is 0 Å². The Morgan fingerprint density at radius 2 is 1.61 bits per heavy atom. The molecule has 0 atom stereocenters. The maximum atomic E-state index is 13.0. The fourth-order valence-corrected chi connectivity index (χ4v) is 3.14. The van der Waals surface area contributed by atoms with Crippen molar-refractivity contribution in [2.75, 3.05) is 31.1 Å². The number of nitrogens with zero attached hydrogens (tertiary/aromatic N) is 2. The smallest absolute Gasteiger partial charge is 0.255 e. The van der Waals surface area contributed by atoms with Crippen LogP contribution in [0.25, 0.3) is 0 Å². The SMILES string of the molecule is O=C(c1ccc(Cl)cc1Cl)N1CCN(c2ccc(F)cc2)CC1. The summed E-state index contributed by atoms with van der Waals surface area (Å²) >= 11 is 12.0. The minimum absolute atomic E-state index is 0.0922. The second-order valence-electron chi connectivity index (χ2n) is 5.38. The fraction of sp³-hybridized carbons (Fsp3) is 0.235. The molecule has 0 radical (unpaired) electrons. The van der Waals surface area contributed by atoms with E-state index in [0.29, 0.717) is 41.8 Å². The van der Waals surface area contributed by atoms with Gasteiger partial charge in [0, 0.05) is 36.9 Å². The van der Waals surface area contributed by atoms with Crippen LogP contribution in [0.4, 0.5) is 10.1 Å². The molecule has 6 heteroatoms. The molecule has 0 unspecified atom stereocenters. The van der Waals surface area contributed by atoms with Crippen LogP contribution in [0.1, 0.15) is 10.4 Å². The quantitative estimate of drug-likeness (QED) is 0.812. The zero-order valence-corrected chi connectivity index (χ0v) is 13.8. The average Bonchev–Trinajstić information content (AvgIpc) is 2.55. The zero-order valence-electron chi connectivity index (χ0n) is 12.3. The highest BCUT2D eigenvalue weighted by atomic mass is 35.5. The van der Waals surface area contributed by atoms with Gasteiger partial charge in [-0.2, -0.15) is 0 Å². The molecule has 120 valence electrons. The maximum absolute atomic E-state index is 13.0. The van der Waals surface area contributed by atoms with Crippen molar-refractivity contribution in [1.82, 2.24) is 4.90 Å². The lowest BCUT2D eigenvalue weighted by atomic mass is 10.1. The van der Waals surface area contributed by atoms with Crippen LogP contribution in [0, 0.1) is 5.82 Å². The molecule has 0 saturated carbocycles. The van der Waals surface area contributed by atoms with Gasteiger partial charge in [-0.3, -0.25) is 4.79 Å². The van der Waals surface area contributed by atoms with E-state index in [-0.39, 0.29) is 11.7 Å². The van der Waals surface area contributed by atoms with Crippen LogP contribution in [0.5, 0.6) is 0 Å². The van der Waals surface area contributed by atoms with Crippen molar-refractivity contribution in [3.05, 3.63) is 63.9 Å². The largest absolute Gasteiger partial charge is 0.368 e. The summed E-state index contributed by atoms with van der Waals surface area (Å²) in [6, 6.07) is 11.3. The van der Waals surface area contributed by atoms with Gasteiger partial charge in [-0.1, -0.05) is 23.2 Å². The Labute approximate surface area is 144 Å². The number of halogens is 3. The topological polar surface area (TPSA) is 23.6 Å². The number of hydrogen-bond donors (Lipinski definition) is 0. The fourth-order valence-electron chi connectivity index (χ4n) is 2.65. The molecule has 0 aromatic heterocycles. The lowest BCUT2D eigenvalue weighted by molar-refractivity contribution is 0.0747. The molecule has 23 heavy (non-hydrogen) atoms. The van der Waals surface area contributed by atoms with E-state index in [0.717, 1.165) is 5.69 Å². The summed E-state index contributed by atoms with van der Waals surface area (Å²) in [5.74, 6) is -0.342. The second kappa shape index (κ2) is 6.77. The Morgan fingerprint density at radius 1 is 0.957 bits per heavy atom. The molecule has 0 aliphatic carbocycles. The van der Waals surface area contributed by atoms with Gasteiger partial charge in [0.05, 0.1) is 10.6 Å². The van der Waals surface area contributed by atoms with Crippen LogP contribution < -0.4 is 4.90 Å². The van der Waals surface area contributed by atoms with Crippen molar-refractivity contribution in [1.29, 1.82) is 0 Å². The monoisotopic (exact) mass is 352 g/mol. The van der Waals surface area contributed by atoms with Gasteiger partial charge in [0.25, 0.3) is 5.91 Å². The molecule has 1 amide bonds. The van der Waals surface area contributed by atoms with Gasteiger partial charge in [-0.15, -0.1) is 0 Å². The minimum atomic E-state index is -0.250. The Hall–Kier alpha value is -1.78. The van der Waals surface area contributed by atoms with Crippen LogP contribution in [0.2, 0.25) is 10.0 Å². The van der Waals surface area contributed by atoms with Gasteiger partial charge in [-0.05, 0) is 42.5 Å². The first kappa shape index (κ1) is 16.1. The molecule has 3 nitrogen and oxygen atoms in total. The molecular formula is C17H15Cl2FN2O. The summed E-state index contributed by atoms with van der Waals surface area (Å²) in [6.45, 7) is 2.58. The van der Waals surface area contributed by atoms with Crippen LogP contribution in [-0.4, -0.2) is 37.0 Å². The molecule has 3 rings (SSSR count). The molecule has 1 aliphatic heterocycles. The molecule has 2 aromatic carbocycles. The molecule has 1 fully saturated rings. The summed E-state index contributed by atoms with van der Waals surface area (Å²) in [6.07, 6.45) is 0. The van der Waals surface area contributed by atoms with E-state index in [1.54, 1.807) is 35.2 Å². The first-order valence-electron chi connectivity index (χ1n) is 7.29. The van der Waals surface area contributed by atoms with E-state index in [1.165, 1.54) is 12.1 Å². The van der Waals surface area contributed by atoms with Crippen molar-refractivity contribution >= 4 is 34.8 Å². The van der Waals surface area contributed by atoms with Crippen molar-refractivity contribution in [2.24, 2.45) is 0 Å². The third kappa shape index (κ3) is 3.59. The highest BCUT2D eigenvalue weighted by Gasteiger charge is 2.23. The van der Waals surface area contributed by atoms with Gasteiger partial charge in [0.2, 0.25) is 0 Å². The lowest BCUT2D eigenvalue weighted by Crippen LogP contribution is -2.48. The van der Waals surface area contributed by atoms with Crippen LogP contribution >= 0.6 is 23.2 Å². The molecule has 1 saturated heterocycles. The first-order valence-corrected chi connectivity index (χ1v) is 8.05. The highest BCUT2D eigenvalue weighted by molar-refractivity contribution is 6.36. The number of piperazine rings is 1. The summed E-state index contributed by atoms with van der Waals surface area (Å²) in [7, 11) is 0. The highest BCUT2D eigenvalue weighted by Crippen LogP contribution is 2.23. The first-order chi connectivity index (χ1) is 11.0. The number of hydrogen-bond acceptors (Lipinski definition) is 2. The van der Waals surface area contributed by atoms with Gasteiger partial charge < -0.3 is 9.80 Å². The van der Waals surface area contributed by atoms with Gasteiger partial charge in [-0.25, -0.2) is 4.39 Å². The van der Waals surface area contributed by atoms with Crippen molar-refractivity contribution in [3.63, 3.8) is 0 Å². The Bertz CT molecular complexity index is 713. The average molecular weight is 353 g/mol. The molecule has 0 spiro atoms.